The summed E-state index contributed by atoms with van der Waals surface area (Å²) in [5, 5.41) is 2.04. The minimum Gasteiger partial charge on any atom is -0.334 e. The maximum absolute atomic E-state index is 3.87. The van der Waals surface area contributed by atoms with E-state index in [-0.39, 0.29) is 0 Å². The van der Waals surface area contributed by atoms with E-state index in [9.17, 15) is 0 Å². The summed E-state index contributed by atoms with van der Waals surface area (Å²) >= 11 is 0. The molecule has 0 atom stereocenters. The van der Waals surface area contributed by atoms with Gasteiger partial charge in [0.1, 0.15) is 0 Å². The van der Waals surface area contributed by atoms with Crippen molar-refractivity contribution in [3.05, 3.63) is 42.3 Å². The van der Waals surface area contributed by atoms with Crippen molar-refractivity contribution in [3.8, 4) is 0 Å². The number of nitrogens with zero attached hydrogens (tertiary/aromatic N) is 1. The number of benzene rings is 1. The van der Waals surface area contributed by atoms with E-state index in [1.54, 1.807) is 0 Å². The third-order valence-corrected chi connectivity index (χ3v) is 4.67. The maximum Gasteiger partial charge on any atom is 0.0453 e. The minimum atomic E-state index is -0.854. The number of rotatable bonds is 3. The molecule has 0 heterocycles. The third kappa shape index (κ3) is 2.28. The van der Waals surface area contributed by atoms with E-state index in [2.05, 4.69) is 54.7 Å². The maximum atomic E-state index is 3.87. The Balaban J connectivity index is 2.91. The molecule has 1 rings (SSSR count). The van der Waals surface area contributed by atoms with Crippen LogP contribution in [0, 0.1) is 0 Å². The summed E-state index contributed by atoms with van der Waals surface area (Å²) in [6.45, 7) is 3.87. The van der Waals surface area contributed by atoms with Crippen LogP contribution in [0.3, 0.4) is 0 Å². The summed E-state index contributed by atoms with van der Waals surface area (Å²) in [7, 11) is 1.26. The fourth-order valence-corrected chi connectivity index (χ4v) is 1.91. The van der Waals surface area contributed by atoms with Crippen LogP contribution in [-0.2, 0) is 0 Å². The molecule has 0 aromatic heterocycles. The molecule has 0 bridgehead atoms. The van der Waals surface area contributed by atoms with Gasteiger partial charge in [0.25, 0.3) is 0 Å². The molecule has 2 heteroatoms. The van der Waals surface area contributed by atoms with Gasteiger partial charge in [-0.3, -0.25) is 0 Å². The molecule has 0 N–H and O–H groups in total. The first kappa shape index (κ1) is 10.2. The van der Waals surface area contributed by atoms with E-state index in [1.165, 1.54) is 5.69 Å². The van der Waals surface area contributed by atoms with Crippen LogP contribution in [0.25, 0.3) is 0 Å². The number of anilines is 1. The topological polar surface area (TPSA) is 3.24 Å². The molecule has 13 heavy (non-hydrogen) atoms. The highest BCUT2D eigenvalue weighted by atomic mass is 32.3. The normalized spacial score (nSPS) is 12.2. The number of para-hydroxylation sites is 1. The van der Waals surface area contributed by atoms with Crippen molar-refractivity contribution in [2.45, 2.75) is 0 Å². The monoisotopic (exact) mass is 195 g/mol. The second kappa shape index (κ2) is 3.88. The van der Waals surface area contributed by atoms with Gasteiger partial charge in [-0.25, -0.2) is 0 Å². The summed E-state index contributed by atoms with van der Waals surface area (Å²) in [6, 6.07) is 10.4. The van der Waals surface area contributed by atoms with Crippen molar-refractivity contribution in [3.63, 3.8) is 0 Å². The van der Waals surface area contributed by atoms with Gasteiger partial charge in [-0.15, -0.1) is 0 Å². The van der Waals surface area contributed by atoms with E-state index in [0.717, 1.165) is 0 Å². The van der Waals surface area contributed by atoms with Gasteiger partial charge in [-0.2, -0.15) is 10.2 Å². The average Bonchev–Trinajstić information content (AvgIpc) is 2.18. The van der Waals surface area contributed by atoms with E-state index >= 15 is 0 Å². The van der Waals surface area contributed by atoms with Crippen molar-refractivity contribution >= 4 is 15.9 Å². The lowest BCUT2D eigenvalue weighted by Crippen LogP contribution is -2.19. The Morgan fingerprint density at radius 2 is 1.77 bits per heavy atom. The van der Waals surface area contributed by atoms with Crippen LogP contribution >= 0.6 is 10.2 Å². The van der Waals surface area contributed by atoms with E-state index in [4.69, 9.17) is 0 Å². The van der Waals surface area contributed by atoms with Gasteiger partial charge >= 0.3 is 0 Å². The van der Waals surface area contributed by atoms with E-state index in [1.807, 2.05) is 11.5 Å². The molecule has 1 aromatic rings. The van der Waals surface area contributed by atoms with Crippen LogP contribution in [0.15, 0.2) is 42.3 Å². The second-order valence-corrected chi connectivity index (χ2v) is 6.93. The lowest BCUT2D eigenvalue weighted by atomic mass is 10.3. The fourth-order valence-electron chi connectivity index (χ4n) is 1.02. The SMILES string of the molecule is C=CS(C)(C)N(C)c1ccccc1. The molecular weight excluding hydrogens is 178 g/mol. The lowest BCUT2D eigenvalue weighted by molar-refractivity contribution is 1.34. The molecule has 0 spiro atoms. The molecule has 0 radical (unpaired) electrons. The molecule has 0 amide bonds. The Labute approximate surface area is 82.5 Å². The zero-order chi connectivity index (χ0) is 9.90. The Morgan fingerprint density at radius 3 is 2.23 bits per heavy atom. The predicted molar refractivity (Wildman–Crippen MR) is 64.5 cm³/mol. The number of hydrogen-bond donors (Lipinski definition) is 0. The van der Waals surface area contributed by atoms with Gasteiger partial charge in [0.2, 0.25) is 0 Å². The first-order valence-electron chi connectivity index (χ1n) is 4.22. The molecule has 0 aliphatic heterocycles. The molecule has 0 saturated carbocycles. The van der Waals surface area contributed by atoms with Gasteiger partial charge in [-0.1, -0.05) is 24.8 Å². The van der Waals surface area contributed by atoms with Gasteiger partial charge < -0.3 is 4.31 Å². The summed E-state index contributed by atoms with van der Waals surface area (Å²) in [6.07, 6.45) is 4.46. The molecule has 1 nitrogen and oxygen atoms in total. The first-order valence-corrected chi connectivity index (χ1v) is 6.69. The standard InChI is InChI=1S/C11H17NS/c1-5-13(3,4)12(2)11-9-7-6-8-10-11/h5-10H,1H2,2-4H3. The van der Waals surface area contributed by atoms with E-state index in [0.29, 0.717) is 0 Å². The minimum absolute atomic E-state index is 0.854. The van der Waals surface area contributed by atoms with Gasteiger partial charge in [0, 0.05) is 12.7 Å². The molecule has 0 aliphatic carbocycles. The summed E-state index contributed by atoms with van der Waals surface area (Å²) in [4.78, 5) is 0. The Morgan fingerprint density at radius 1 is 1.23 bits per heavy atom. The highest BCUT2D eigenvalue weighted by Gasteiger charge is 2.13. The molecule has 72 valence electrons. The summed E-state index contributed by atoms with van der Waals surface area (Å²) in [5.74, 6) is 0. The van der Waals surface area contributed by atoms with Crippen LogP contribution in [0.2, 0.25) is 0 Å². The van der Waals surface area contributed by atoms with Gasteiger partial charge in [-0.05, 0) is 30.1 Å². The zero-order valence-electron chi connectivity index (χ0n) is 8.53. The summed E-state index contributed by atoms with van der Waals surface area (Å²) < 4.78 is 2.29. The van der Waals surface area contributed by atoms with Crippen molar-refractivity contribution in [1.82, 2.24) is 0 Å². The quantitative estimate of drug-likeness (QED) is 0.715. The molecule has 0 saturated heterocycles. The molecule has 1 aromatic carbocycles. The predicted octanol–water partition coefficient (Wildman–Crippen LogP) is 3.25. The molecule has 0 aliphatic rings. The van der Waals surface area contributed by atoms with Gasteiger partial charge in [0.15, 0.2) is 0 Å². The van der Waals surface area contributed by atoms with Crippen LogP contribution in [0.4, 0.5) is 5.69 Å². The van der Waals surface area contributed by atoms with Crippen LogP contribution in [-0.4, -0.2) is 19.6 Å². The lowest BCUT2D eigenvalue weighted by Gasteiger charge is -2.39. The van der Waals surface area contributed by atoms with Crippen molar-refractivity contribution < 1.29 is 0 Å². The smallest absolute Gasteiger partial charge is 0.0453 e. The highest BCUT2D eigenvalue weighted by Crippen LogP contribution is 2.46. The third-order valence-electron chi connectivity index (χ3n) is 2.23. The van der Waals surface area contributed by atoms with Crippen LogP contribution < -0.4 is 4.31 Å². The van der Waals surface area contributed by atoms with E-state index < -0.39 is 10.2 Å². The van der Waals surface area contributed by atoms with Crippen molar-refractivity contribution in [1.29, 1.82) is 0 Å². The average molecular weight is 195 g/mol. The highest BCUT2D eigenvalue weighted by molar-refractivity contribution is 8.36. The zero-order valence-corrected chi connectivity index (χ0v) is 9.34. The largest absolute Gasteiger partial charge is 0.334 e. The second-order valence-electron chi connectivity index (χ2n) is 3.35. The van der Waals surface area contributed by atoms with Crippen LogP contribution in [0.5, 0.6) is 0 Å². The van der Waals surface area contributed by atoms with Crippen molar-refractivity contribution in [2.75, 3.05) is 23.9 Å². The van der Waals surface area contributed by atoms with Gasteiger partial charge in [0.05, 0.1) is 0 Å². The first-order chi connectivity index (χ1) is 6.08. The molecular formula is C11H17NS. The van der Waals surface area contributed by atoms with Crippen LogP contribution in [0.1, 0.15) is 0 Å². The molecule has 0 fully saturated rings. The Hall–Kier alpha value is -0.890. The summed E-state index contributed by atoms with van der Waals surface area (Å²) in [5.41, 5.74) is 1.25. The Kier molecular flexibility index (Phi) is 3.04. The molecule has 0 unspecified atom stereocenters. The Bertz CT molecular complexity index is 279. The fraction of sp³-hybridized carbons (Fsp3) is 0.273. The van der Waals surface area contributed by atoms with Crippen molar-refractivity contribution in [2.24, 2.45) is 0 Å². The number of hydrogen-bond acceptors (Lipinski definition) is 1.